The maximum atomic E-state index is 11.7. The minimum atomic E-state index is -5.08. The lowest BCUT2D eigenvalue weighted by Crippen LogP contribution is -2.51. The molecule has 8 atom stereocenters. The number of carboxylic acids is 1. The van der Waals surface area contributed by atoms with Crippen molar-refractivity contribution >= 4 is 11.9 Å². The number of carbonyl (C=O) groups is 2. The number of esters is 1. The van der Waals surface area contributed by atoms with Crippen molar-refractivity contribution in [3.63, 3.8) is 0 Å². The predicted molar refractivity (Wildman–Crippen MR) is 146 cm³/mol. The second-order valence-electron chi connectivity index (χ2n) is 13.7. The number of allylic oxidation sites excluding steroid dienone is 1. The van der Waals surface area contributed by atoms with Crippen LogP contribution < -0.4 is 5.73 Å². The molecule has 0 saturated heterocycles. The van der Waals surface area contributed by atoms with E-state index in [0.717, 1.165) is 48.3 Å². The van der Waals surface area contributed by atoms with Gasteiger partial charge in [-0.3, -0.25) is 4.79 Å². The number of rotatable bonds is 7. The third-order valence-corrected chi connectivity index (χ3v) is 11.0. The fourth-order valence-corrected chi connectivity index (χ4v) is 8.99. The van der Waals surface area contributed by atoms with Crippen molar-refractivity contribution in [3.8, 4) is 0 Å². The molecule has 39 heavy (non-hydrogen) atoms. The number of fused-ring (bicyclic) bond motifs is 5. The Kier molecular flexibility index (Phi) is 10.3. The van der Waals surface area contributed by atoms with Crippen LogP contribution in [0.1, 0.15) is 105 Å². The minimum Gasteiger partial charge on any atom is -0.475 e. The summed E-state index contributed by atoms with van der Waals surface area (Å²) in [6, 6.07) is 0. The average Bonchev–Trinajstić information content (AvgIpc) is 3.21. The van der Waals surface area contributed by atoms with Gasteiger partial charge in [0.15, 0.2) is 0 Å². The number of ether oxygens (including phenoxy) is 1. The number of hydrogen-bond donors (Lipinski definition) is 2. The van der Waals surface area contributed by atoms with Crippen LogP contribution in [0.2, 0.25) is 0 Å². The van der Waals surface area contributed by atoms with Gasteiger partial charge in [0.25, 0.3) is 0 Å². The van der Waals surface area contributed by atoms with E-state index in [2.05, 4.69) is 40.7 Å². The average molecular weight is 558 g/mol. The van der Waals surface area contributed by atoms with Crippen LogP contribution in [0.15, 0.2) is 11.6 Å². The van der Waals surface area contributed by atoms with E-state index in [1.807, 2.05) is 0 Å². The summed E-state index contributed by atoms with van der Waals surface area (Å²) in [6.45, 7) is 12.5. The van der Waals surface area contributed by atoms with Crippen LogP contribution in [-0.4, -0.2) is 35.9 Å². The number of alkyl halides is 3. The number of carbonyl (C=O) groups excluding carboxylic acids is 1. The molecule has 4 rings (SSSR count). The van der Waals surface area contributed by atoms with E-state index in [0.29, 0.717) is 10.8 Å². The zero-order valence-electron chi connectivity index (χ0n) is 24.5. The molecule has 0 amide bonds. The quantitative estimate of drug-likeness (QED) is 0.249. The van der Waals surface area contributed by atoms with Gasteiger partial charge >= 0.3 is 18.1 Å². The summed E-state index contributed by atoms with van der Waals surface area (Å²) in [6.07, 6.45) is 11.8. The molecule has 5 nitrogen and oxygen atoms in total. The molecule has 0 heterocycles. The first-order chi connectivity index (χ1) is 18.1. The molecule has 8 heteroatoms. The molecule has 0 aliphatic heterocycles. The lowest BCUT2D eigenvalue weighted by Gasteiger charge is -2.58. The third-order valence-electron chi connectivity index (χ3n) is 11.0. The molecule has 0 aromatic carbocycles. The molecule has 3 N–H and O–H groups in total. The highest BCUT2D eigenvalue weighted by atomic mass is 19.4. The Morgan fingerprint density at radius 1 is 1.08 bits per heavy atom. The highest BCUT2D eigenvalue weighted by Crippen LogP contribution is 2.67. The first kappa shape index (κ1) is 32.0. The third kappa shape index (κ3) is 7.02. The summed E-state index contributed by atoms with van der Waals surface area (Å²) < 4.78 is 37.4. The Labute approximate surface area is 232 Å². The summed E-state index contributed by atoms with van der Waals surface area (Å²) in [4.78, 5) is 20.6. The Hall–Kier alpha value is -1.57. The van der Waals surface area contributed by atoms with E-state index in [-0.39, 0.29) is 18.6 Å². The lowest BCUT2D eigenvalue weighted by molar-refractivity contribution is -0.192. The summed E-state index contributed by atoms with van der Waals surface area (Å²) in [7, 11) is 0. The SMILES string of the molecule is CC(C)CCC[C@@H](C)[C@H]1CCC2C3CC=C4CC(OC(=O)CN)CC[C@]4(C)C3CC[C@@]21C.O=C(O)C(F)(F)F. The highest BCUT2D eigenvalue weighted by molar-refractivity contribution is 5.73. The molecule has 0 spiro atoms. The summed E-state index contributed by atoms with van der Waals surface area (Å²) in [5.41, 5.74) is 7.93. The van der Waals surface area contributed by atoms with Crippen LogP contribution in [0.5, 0.6) is 0 Å². The van der Waals surface area contributed by atoms with Gasteiger partial charge < -0.3 is 15.6 Å². The van der Waals surface area contributed by atoms with Crippen LogP contribution >= 0.6 is 0 Å². The Morgan fingerprint density at radius 2 is 1.74 bits per heavy atom. The van der Waals surface area contributed by atoms with E-state index in [4.69, 9.17) is 20.4 Å². The zero-order chi connectivity index (χ0) is 29.2. The van der Waals surface area contributed by atoms with E-state index in [1.165, 1.54) is 57.8 Å². The molecule has 0 radical (unpaired) electrons. The summed E-state index contributed by atoms with van der Waals surface area (Å²) >= 11 is 0. The second-order valence-corrected chi connectivity index (χ2v) is 13.7. The first-order valence-corrected chi connectivity index (χ1v) is 15.0. The largest absolute Gasteiger partial charge is 0.490 e. The molecule has 224 valence electrons. The molecule has 3 saturated carbocycles. The van der Waals surface area contributed by atoms with E-state index < -0.39 is 12.1 Å². The maximum absolute atomic E-state index is 11.7. The maximum Gasteiger partial charge on any atom is 0.490 e. The molecule has 4 unspecified atom stereocenters. The van der Waals surface area contributed by atoms with Crippen molar-refractivity contribution in [3.05, 3.63) is 11.6 Å². The van der Waals surface area contributed by atoms with Crippen molar-refractivity contribution in [2.45, 2.75) is 118 Å². The fourth-order valence-electron chi connectivity index (χ4n) is 8.99. The van der Waals surface area contributed by atoms with E-state index in [1.54, 1.807) is 5.57 Å². The number of carboxylic acid groups (broad SMARTS) is 1. The van der Waals surface area contributed by atoms with Crippen molar-refractivity contribution in [2.75, 3.05) is 6.54 Å². The van der Waals surface area contributed by atoms with Gasteiger partial charge in [0, 0.05) is 6.42 Å². The van der Waals surface area contributed by atoms with Gasteiger partial charge in [0.05, 0.1) is 6.54 Å². The monoisotopic (exact) mass is 557 g/mol. The zero-order valence-corrected chi connectivity index (χ0v) is 24.5. The van der Waals surface area contributed by atoms with Crippen LogP contribution in [0, 0.1) is 46.3 Å². The molecular formula is C31H50F3NO4. The normalized spacial score (nSPS) is 36.5. The number of hydrogen-bond acceptors (Lipinski definition) is 4. The number of halogens is 3. The Balaban J connectivity index is 0.000000532. The van der Waals surface area contributed by atoms with Crippen LogP contribution in [0.3, 0.4) is 0 Å². The molecular weight excluding hydrogens is 507 g/mol. The van der Waals surface area contributed by atoms with Crippen LogP contribution in [-0.2, 0) is 14.3 Å². The smallest absolute Gasteiger partial charge is 0.475 e. The predicted octanol–water partition coefficient (Wildman–Crippen LogP) is 7.53. The molecule has 3 fully saturated rings. The van der Waals surface area contributed by atoms with E-state index in [9.17, 15) is 18.0 Å². The van der Waals surface area contributed by atoms with Gasteiger partial charge in [0.2, 0.25) is 0 Å². The standard InChI is InChI=1S/C29H49NO2.C2HF3O2/c1-19(2)7-6-8-20(3)24-11-12-25-23-10-9-21-17-22(32-27(31)18-30)13-15-28(21,4)26(23)14-16-29(24,25)5;3-2(4,5)1(6)7/h9,19-20,22-26H,6-8,10-18,30H2,1-5H3;(H,6,7)/t20-,22?,23?,24-,25?,26?,28+,29-;/m1./s1. The van der Waals surface area contributed by atoms with Crippen molar-refractivity contribution in [1.82, 2.24) is 0 Å². The molecule has 0 aromatic heterocycles. The lowest BCUT2D eigenvalue weighted by atomic mass is 9.47. The van der Waals surface area contributed by atoms with Crippen LogP contribution in [0.25, 0.3) is 0 Å². The van der Waals surface area contributed by atoms with Gasteiger partial charge in [-0.2, -0.15) is 13.2 Å². The molecule has 4 aliphatic rings. The van der Waals surface area contributed by atoms with Gasteiger partial charge in [-0.15, -0.1) is 0 Å². The summed E-state index contributed by atoms with van der Waals surface area (Å²) in [5.74, 6) is 2.21. The molecule has 0 bridgehead atoms. The van der Waals surface area contributed by atoms with Gasteiger partial charge in [-0.25, -0.2) is 4.79 Å². The van der Waals surface area contributed by atoms with Gasteiger partial charge in [-0.1, -0.05) is 65.5 Å². The Bertz CT molecular complexity index is 903. The second kappa shape index (κ2) is 12.5. The molecule has 0 aromatic rings. The van der Waals surface area contributed by atoms with Gasteiger partial charge in [0.1, 0.15) is 6.10 Å². The Morgan fingerprint density at radius 3 is 2.33 bits per heavy atom. The number of nitrogens with two attached hydrogens (primary N) is 1. The van der Waals surface area contributed by atoms with Crippen molar-refractivity contribution in [1.29, 1.82) is 0 Å². The van der Waals surface area contributed by atoms with Gasteiger partial charge in [-0.05, 0) is 91.3 Å². The topological polar surface area (TPSA) is 89.6 Å². The summed E-state index contributed by atoms with van der Waals surface area (Å²) in [5, 5.41) is 7.12. The van der Waals surface area contributed by atoms with Crippen molar-refractivity contribution < 1.29 is 32.6 Å². The molecule has 4 aliphatic carbocycles. The minimum absolute atomic E-state index is 0.00512. The van der Waals surface area contributed by atoms with E-state index >= 15 is 0 Å². The fraction of sp³-hybridized carbons (Fsp3) is 0.871. The first-order valence-electron chi connectivity index (χ1n) is 15.0. The van der Waals surface area contributed by atoms with Crippen LogP contribution in [0.4, 0.5) is 13.2 Å². The number of aliphatic carboxylic acids is 1. The highest BCUT2D eigenvalue weighted by Gasteiger charge is 2.59. The van der Waals surface area contributed by atoms with Crippen molar-refractivity contribution in [2.24, 2.45) is 52.1 Å².